The summed E-state index contributed by atoms with van der Waals surface area (Å²) in [5.74, 6) is -0.435. The molecule has 0 aliphatic carbocycles. The first-order chi connectivity index (χ1) is 8.61. The molecular weight excluding hydrogens is 311 g/mol. The Morgan fingerprint density at radius 2 is 2.16 bits per heavy atom. The summed E-state index contributed by atoms with van der Waals surface area (Å²) in [5, 5.41) is 2.87. The molecule has 1 rings (SSSR count). The van der Waals surface area contributed by atoms with E-state index in [1.807, 2.05) is 13.8 Å². The Morgan fingerprint density at radius 3 is 2.63 bits per heavy atom. The molecule has 1 amide bonds. The molecule has 19 heavy (non-hydrogen) atoms. The van der Waals surface area contributed by atoms with Crippen molar-refractivity contribution in [2.75, 3.05) is 12.3 Å². The van der Waals surface area contributed by atoms with E-state index >= 15 is 0 Å². The summed E-state index contributed by atoms with van der Waals surface area (Å²) in [4.78, 5) is 11.6. The predicted octanol–water partition coefficient (Wildman–Crippen LogP) is 1.53. The van der Waals surface area contributed by atoms with Gasteiger partial charge < -0.3 is 5.32 Å². The lowest BCUT2D eigenvalue weighted by molar-refractivity contribution is -0.122. The molecule has 0 aromatic heterocycles. The maximum Gasteiger partial charge on any atom is 0.223 e. The maximum absolute atomic E-state index is 11.6. The average Bonchev–Trinajstić information content (AvgIpc) is 2.49. The van der Waals surface area contributed by atoms with Gasteiger partial charge in [-0.2, -0.15) is 0 Å². The fraction of sp³-hybridized carbons (Fsp3) is 0.727. The van der Waals surface area contributed by atoms with E-state index in [2.05, 4.69) is 10.0 Å². The largest absolute Gasteiger partial charge is 0.351 e. The summed E-state index contributed by atoms with van der Waals surface area (Å²) < 4.78 is 25.4. The molecule has 1 heterocycles. The molecule has 5 nitrogen and oxygen atoms in total. The van der Waals surface area contributed by atoms with Crippen molar-refractivity contribution in [1.82, 2.24) is 10.0 Å². The number of hydrogen-bond donors (Lipinski definition) is 2. The van der Waals surface area contributed by atoms with Crippen LogP contribution in [-0.4, -0.2) is 32.2 Å². The number of nitrogens with one attached hydrogen (secondary N) is 2. The lowest BCUT2D eigenvalue weighted by Gasteiger charge is -2.16. The third kappa shape index (κ3) is 6.12. The summed E-state index contributed by atoms with van der Waals surface area (Å²) in [6.07, 6.45) is 2.39. The van der Waals surface area contributed by atoms with Crippen molar-refractivity contribution in [2.45, 2.75) is 32.2 Å². The van der Waals surface area contributed by atoms with Crippen LogP contribution in [0.5, 0.6) is 0 Å². The van der Waals surface area contributed by atoms with Crippen molar-refractivity contribution in [3.63, 3.8) is 0 Å². The Labute approximate surface area is 123 Å². The van der Waals surface area contributed by atoms with Crippen molar-refractivity contribution >= 4 is 39.1 Å². The highest BCUT2D eigenvalue weighted by Gasteiger charge is 2.36. The van der Waals surface area contributed by atoms with Crippen LogP contribution < -0.4 is 10.0 Å². The zero-order chi connectivity index (χ0) is 14.7. The first-order valence-electron chi connectivity index (χ1n) is 5.92. The fourth-order valence-corrected chi connectivity index (χ4v) is 3.32. The van der Waals surface area contributed by atoms with Crippen molar-refractivity contribution in [3.8, 4) is 0 Å². The Balaban J connectivity index is 2.39. The maximum atomic E-state index is 11.6. The third-order valence-corrected chi connectivity index (χ3v) is 4.42. The minimum atomic E-state index is -3.44. The van der Waals surface area contributed by atoms with Crippen LogP contribution >= 0.6 is 23.2 Å². The topological polar surface area (TPSA) is 75.3 Å². The lowest BCUT2D eigenvalue weighted by atomic mass is 9.94. The highest BCUT2D eigenvalue weighted by molar-refractivity contribution is 7.89. The zero-order valence-corrected chi connectivity index (χ0v) is 13.2. The van der Waals surface area contributed by atoms with Crippen molar-refractivity contribution in [2.24, 2.45) is 5.92 Å². The van der Waals surface area contributed by atoms with Crippen LogP contribution in [0.4, 0.5) is 0 Å². The molecule has 0 bridgehead atoms. The van der Waals surface area contributed by atoms with Crippen LogP contribution in [0.2, 0.25) is 0 Å². The van der Waals surface area contributed by atoms with Gasteiger partial charge >= 0.3 is 0 Å². The highest BCUT2D eigenvalue weighted by atomic mass is 35.5. The van der Waals surface area contributed by atoms with E-state index in [1.165, 1.54) is 6.08 Å². The second-order valence-corrected chi connectivity index (χ2v) is 8.09. The Hall–Kier alpha value is -0.300. The molecule has 1 saturated heterocycles. The molecule has 0 radical (unpaired) electrons. The lowest BCUT2D eigenvalue weighted by Crippen LogP contribution is -2.34. The third-order valence-electron chi connectivity index (χ3n) is 2.86. The van der Waals surface area contributed by atoms with E-state index in [1.54, 1.807) is 0 Å². The number of hydrogen-bond acceptors (Lipinski definition) is 3. The Kier molecular flexibility index (Phi) is 5.67. The van der Waals surface area contributed by atoms with Gasteiger partial charge in [0.25, 0.3) is 0 Å². The summed E-state index contributed by atoms with van der Waals surface area (Å²) >= 11 is 10.7. The van der Waals surface area contributed by atoms with Gasteiger partial charge in [-0.1, -0.05) is 23.2 Å². The molecule has 0 aromatic carbocycles. The second-order valence-electron chi connectivity index (χ2n) is 5.23. The number of sulfonamides is 1. The molecule has 110 valence electrons. The van der Waals surface area contributed by atoms with Gasteiger partial charge in [0.05, 0.1) is 5.75 Å². The molecule has 1 aliphatic heterocycles. The van der Waals surface area contributed by atoms with Crippen LogP contribution in [0.3, 0.4) is 0 Å². The molecular formula is C11H18Cl2N2O3S. The van der Waals surface area contributed by atoms with Gasteiger partial charge in [0.15, 0.2) is 0 Å². The number of carbonyl (C=O) groups excluding carboxylic acids is 1. The zero-order valence-electron chi connectivity index (χ0n) is 10.9. The molecule has 1 aliphatic rings. The second kappa shape index (κ2) is 6.43. The van der Waals surface area contributed by atoms with Gasteiger partial charge in [-0.05, 0) is 32.8 Å². The number of amides is 1. The first-order valence-corrected chi connectivity index (χ1v) is 8.33. The van der Waals surface area contributed by atoms with Gasteiger partial charge in [-0.25, -0.2) is 13.1 Å². The van der Waals surface area contributed by atoms with Crippen molar-refractivity contribution in [3.05, 3.63) is 10.6 Å². The van der Waals surface area contributed by atoms with Crippen LogP contribution in [0, 0.1) is 5.92 Å². The van der Waals surface area contributed by atoms with Crippen molar-refractivity contribution < 1.29 is 13.2 Å². The van der Waals surface area contributed by atoms with E-state index < -0.39 is 10.0 Å². The Bertz CT molecular complexity index is 470. The Morgan fingerprint density at radius 1 is 1.53 bits per heavy atom. The number of halogens is 2. The molecule has 2 N–H and O–H groups in total. The van der Waals surface area contributed by atoms with E-state index in [-0.39, 0.29) is 34.2 Å². The first kappa shape index (κ1) is 16.8. The highest BCUT2D eigenvalue weighted by Crippen LogP contribution is 2.26. The van der Waals surface area contributed by atoms with Gasteiger partial charge in [0, 0.05) is 18.0 Å². The summed E-state index contributed by atoms with van der Waals surface area (Å²) in [7, 11) is -3.44. The predicted molar refractivity (Wildman–Crippen MR) is 76.5 cm³/mol. The average molecular weight is 329 g/mol. The number of rotatable bonds is 6. The monoisotopic (exact) mass is 328 g/mol. The standard InChI is InChI=1S/C11H18Cl2N2O3S/c1-11(2)7-8(10(16)15-11)3-5-14-19(17,18)6-4-9(12)13/h4,8,14H,3,5-7H2,1-2H3,(H,15,16). The molecule has 0 aromatic rings. The molecule has 8 heteroatoms. The SMILES string of the molecule is CC1(C)CC(CCNS(=O)(=O)CC=C(Cl)Cl)C(=O)N1. The van der Waals surface area contributed by atoms with Crippen LogP contribution in [0.1, 0.15) is 26.7 Å². The molecule has 1 atom stereocenters. The minimum absolute atomic E-state index is 0.0205. The van der Waals surface area contributed by atoms with Gasteiger partial charge in [0.1, 0.15) is 4.49 Å². The van der Waals surface area contributed by atoms with Gasteiger partial charge in [-0.3, -0.25) is 4.79 Å². The molecule has 1 fully saturated rings. The van der Waals surface area contributed by atoms with Gasteiger partial charge in [0.2, 0.25) is 15.9 Å². The van der Waals surface area contributed by atoms with E-state index in [0.717, 1.165) is 0 Å². The fourth-order valence-electron chi connectivity index (χ4n) is 2.05. The summed E-state index contributed by atoms with van der Waals surface area (Å²) in [6.45, 7) is 4.12. The van der Waals surface area contributed by atoms with E-state index in [0.29, 0.717) is 12.8 Å². The number of carbonyl (C=O) groups is 1. The molecule has 0 spiro atoms. The van der Waals surface area contributed by atoms with Crippen molar-refractivity contribution in [1.29, 1.82) is 0 Å². The van der Waals surface area contributed by atoms with E-state index in [9.17, 15) is 13.2 Å². The molecule has 1 unspecified atom stereocenters. The molecule has 0 saturated carbocycles. The minimum Gasteiger partial charge on any atom is -0.351 e. The quantitative estimate of drug-likeness (QED) is 0.776. The van der Waals surface area contributed by atoms with Crippen LogP contribution in [0.25, 0.3) is 0 Å². The normalized spacial score (nSPS) is 22.1. The summed E-state index contributed by atoms with van der Waals surface area (Å²) in [6, 6.07) is 0. The van der Waals surface area contributed by atoms with Crippen LogP contribution in [-0.2, 0) is 14.8 Å². The summed E-state index contributed by atoms with van der Waals surface area (Å²) in [5.41, 5.74) is -0.213. The van der Waals surface area contributed by atoms with E-state index in [4.69, 9.17) is 23.2 Å². The van der Waals surface area contributed by atoms with Crippen LogP contribution in [0.15, 0.2) is 10.6 Å². The van der Waals surface area contributed by atoms with Gasteiger partial charge in [-0.15, -0.1) is 0 Å². The smallest absolute Gasteiger partial charge is 0.223 e.